The molecule has 5 nitrogen and oxygen atoms in total. The zero-order valence-electron chi connectivity index (χ0n) is 15.1. The monoisotopic (exact) mass is 354 g/mol. The van der Waals surface area contributed by atoms with Crippen LogP contribution in [0.5, 0.6) is 0 Å². The van der Waals surface area contributed by atoms with Gasteiger partial charge in [-0.2, -0.15) is 0 Å². The Bertz CT molecular complexity index is 725. The zero-order valence-corrected chi connectivity index (χ0v) is 15.1. The minimum absolute atomic E-state index is 0.0102. The lowest BCUT2D eigenvalue weighted by Gasteiger charge is -2.36. The van der Waals surface area contributed by atoms with Crippen molar-refractivity contribution in [2.75, 3.05) is 19.8 Å². The summed E-state index contributed by atoms with van der Waals surface area (Å²) in [7, 11) is 0. The van der Waals surface area contributed by atoms with Crippen LogP contribution in [0, 0.1) is 5.41 Å². The fourth-order valence-corrected chi connectivity index (χ4v) is 3.47. The van der Waals surface area contributed by atoms with Crippen LogP contribution in [0.4, 0.5) is 0 Å². The maximum Gasteiger partial charge on any atom is 0.226 e. The van der Waals surface area contributed by atoms with Gasteiger partial charge in [-0.25, -0.2) is 0 Å². The summed E-state index contributed by atoms with van der Waals surface area (Å²) in [6.07, 6.45) is 5.07. The lowest BCUT2D eigenvalue weighted by molar-refractivity contribution is -0.137. The lowest BCUT2D eigenvalue weighted by atomic mass is 9.74. The highest BCUT2D eigenvalue weighted by Crippen LogP contribution is 2.35. The number of aliphatic hydroxyl groups excluding tert-OH is 1. The summed E-state index contributed by atoms with van der Waals surface area (Å²) < 4.78 is 5.49. The minimum atomic E-state index is -0.550. The van der Waals surface area contributed by atoms with Crippen molar-refractivity contribution < 1.29 is 14.6 Å². The number of nitrogens with one attached hydrogen (secondary N) is 1. The number of aliphatic hydroxyl groups is 1. The van der Waals surface area contributed by atoms with Gasteiger partial charge in [0.2, 0.25) is 5.91 Å². The molecule has 2 aromatic rings. The average molecular weight is 354 g/mol. The Morgan fingerprint density at radius 1 is 1.23 bits per heavy atom. The topological polar surface area (TPSA) is 71.5 Å². The van der Waals surface area contributed by atoms with E-state index in [1.54, 1.807) is 19.3 Å². The van der Waals surface area contributed by atoms with Crippen LogP contribution in [0.3, 0.4) is 0 Å². The molecule has 1 saturated heterocycles. The molecule has 3 rings (SSSR count). The van der Waals surface area contributed by atoms with Gasteiger partial charge < -0.3 is 15.2 Å². The van der Waals surface area contributed by atoms with Crippen molar-refractivity contribution in [2.24, 2.45) is 5.41 Å². The molecule has 138 valence electrons. The van der Waals surface area contributed by atoms with Gasteiger partial charge in [0.15, 0.2) is 0 Å². The third-order valence-corrected chi connectivity index (χ3v) is 4.97. The fourth-order valence-electron chi connectivity index (χ4n) is 3.47. The molecular weight excluding hydrogens is 328 g/mol. The molecule has 0 spiro atoms. The van der Waals surface area contributed by atoms with Crippen LogP contribution in [0.25, 0.3) is 11.1 Å². The van der Waals surface area contributed by atoms with Gasteiger partial charge in [0.1, 0.15) is 0 Å². The Labute approximate surface area is 154 Å². The molecule has 0 saturated carbocycles. The van der Waals surface area contributed by atoms with Crippen molar-refractivity contribution in [1.82, 2.24) is 10.3 Å². The Hall–Kier alpha value is -2.24. The Kier molecular flexibility index (Phi) is 6.01. The third kappa shape index (κ3) is 4.48. The normalized spacial score (nSPS) is 17.5. The Morgan fingerprint density at radius 2 is 1.96 bits per heavy atom. The van der Waals surface area contributed by atoms with E-state index >= 15 is 0 Å². The first-order valence-corrected chi connectivity index (χ1v) is 9.12. The highest BCUT2D eigenvalue weighted by atomic mass is 16.5. The molecule has 0 radical (unpaired) electrons. The van der Waals surface area contributed by atoms with Gasteiger partial charge in [-0.15, -0.1) is 0 Å². The van der Waals surface area contributed by atoms with Gasteiger partial charge in [-0.3, -0.25) is 9.78 Å². The molecule has 2 heterocycles. The Morgan fingerprint density at radius 3 is 2.65 bits per heavy atom. The molecular formula is C21H26N2O3. The van der Waals surface area contributed by atoms with Crippen LogP contribution in [-0.4, -0.2) is 41.9 Å². The second kappa shape index (κ2) is 8.43. The second-order valence-corrected chi connectivity index (χ2v) is 7.06. The number of amides is 1. The maximum atomic E-state index is 12.9. The maximum absolute atomic E-state index is 12.9. The van der Waals surface area contributed by atoms with Gasteiger partial charge >= 0.3 is 0 Å². The second-order valence-electron chi connectivity index (χ2n) is 7.06. The van der Waals surface area contributed by atoms with Crippen molar-refractivity contribution in [1.29, 1.82) is 0 Å². The van der Waals surface area contributed by atoms with E-state index in [2.05, 4.69) is 28.5 Å². The number of hydrogen-bond acceptors (Lipinski definition) is 4. The fraction of sp³-hybridized carbons (Fsp3) is 0.429. The number of hydrogen-bond donors (Lipinski definition) is 2. The smallest absolute Gasteiger partial charge is 0.226 e. The van der Waals surface area contributed by atoms with E-state index in [4.69, 9.17) is 4.74 Å². The number of benzene rings is 1. The van der Waals surface area contributed by atoms with E-state index in [0.717, 1.165) is 16.7 Å². The molecule has 1 amide bonds. The van der Waals surface area contributed by atoms with E-state index < -0.39 is 11.5 Å². The summed E-state index contributed by atoms with van der Waals surface area (Å²) >= 11 is 0. The van der Waals surface area contributed by atoms with Crippen LogP contribution in [0.15, 0.2) is 48.8 Å². The predicted octanol–water partition coefficient (Wildman–Crippen LogP) is 2.58. The number of carbonyl (C=O) groups is 1. The molecule has 0 unspecified atom stereocenters. The molecule has 1 fully saturated rings. The van der Waals surface area contributed by atoms with Gasteiger partial charge in [0.25, 0.3) is 0 Å². The van der Waals surface area contributed by atoms with Crippen molar-refractivity contribution in [3.8, 4) is 11.1 Å². The zero-order chi connectivity index (χ0) is 18.4. The molecule has 1 aromatic carbocycles. The molecule has 26 heavy (non-hydrogen) atoms. The molecule has 1 atom stereocenters. The summed E-state index contributed by atoms with van der Waals surface area (Å²) in [4.78, 5) is 17.0. The van der Waals surface area contributed by atoms with Gasteiger partial charge in [-0.1, -0.05) is 24.3 Å². The Balaban J connectivity index is 1.82. The summed E-state index contributed by atoms with van der Waals surface area (Å²) in [5.74, 6) is 0.0102. The van der Waals surface area contributed by atoms with Gasteiger partial charge in [-0.05, 0) is 55.0 Å². The van der Waals surface area contributed by atoms with Crippen molar-refractivity contribution in [2.45, 2.75) is 32.3 Å². The summed E-state index contributed by atoms with van der Waals surface area (Å²) in [6.45, 7) is 3.13. The first-order chi connectivity index (χ1) is 12.6. The van der Waals surface area contributed by atoms with Crippen LogP contribution in [0.2, 0.25) is 0 Å². The van der Waals surface area contributed by atoms with Crippen molar-refractivity contribution in [3.05, 3.63) is 54.4 Å². The van der Waals surface area contributed by atoms with Crippen LogP contribution in [-0.2, 0) is 16.0 Å². The number of rotatable bonds is 6. The average Bonchev–Trinajstić information content (AvgIpc) is 2.67. The molecule has 1 aromatic heterocycles. The first kappa shape index (κ1) is 18.5. The standard InChI is InChI=1S/C21H26N2O3/c1-16(24)15-23-20(25)21(7-11-26-12-8-21)14-17-3-2-4-19(13-17)18-5-9-22-10-6-18/h2-6,9-10,13,16,24H,7-8,11-12,14-15H2,1H3,(H,23,25)/t16-/m1/s1. The van der Waals surface area contributed by atoms with E-state index in [1.165, 1.54) is 0 Å². The van der Waals surface area contributed by atoms with Crippen molar-refractivity contribution >= 4 is 5.91 Å². The van der Waals surface area contributed by atoms with Crippen LogP contribution >= 0.6 is 0 Å². The van der Waals surface area contributed by atoms with Gasteiger partial charge in [0.05, 0.1) is 11.5 Å². The SMILES string of the molecule is C[C@@H](O)CNC(=O)C1(Cc2cccc(-c3ccncc3)c2)CCOCC1. The molecule has 1 aliphatic rings. The molecule has 2 N–H and O–H groups in total. The molecule has 1 aliphatic heterocycles. The van der Waals surface area contributed by atoms with E-state index in [1.807, 2.05) is 18.2 Å². The van der Waals surface area contributed by atoms with Crippen LogP contribution in [0.1, 0.15) is 25.3 Å². The van der Waals surface area contributed by atoms with Gasteiger partial charge in [0, 0.05) is 32.2 Å². The minimum Gasteiger partial charge on any atom is -0.392 e. The number of aromatic nitrogens is 1. The van der Waals surface area contributed by atoms with Crippen molar-refractivity contribution in [3.63, 3.8) is 0 Å². The van der Waals surface area contributed by atoms with E-state index in [-0.39, 0.29) is 12.5 Å². The number of nitrogens with zero attached hydrogens (tertiary/aromatic N) is 1. The largest absolute Gasteiger partial charge is 0.392 e. The molecule has 5 heteroatoms. The summed E-state index contributed by atoms with van der Waals surface area (Å²) in [5, 5.41) is 12.4. The quantitative estimate of drug-likeness (QED) is 0.836. The third-order valence-electron chi connectivity index (χ3n) is 4.97. The lowest BCUT2D eigenvalue weighted by Crippen LogP contribution is -2.47. The van der Waals surface area contributed by atoms with E-state index in [9.17, 15) is 9.90 Å². The van der Waals surface area contributed by atoms with Crippen LogP contribution < -0.4 is 5.32 Å². The number of ether oxygens (including phenoxy) is 1. The number of pyridine rings is 1. The van der Waals surface area contributed by atoms with E-state index in [0.29, 0.717) is 32.5 Å². The number of carbonyl (C=O) groups excluding carboxylic acids is 1. The first-order valence-electron chi connectivity index (χ1n) is 9.12. The summed E-state index contributed by atoms with van der Waals surface area (Å²) in [5.41, 5.74) is 2.88. The molecule has 0 bridgehead atoms. The summed E-state index contributed by atoms with van der Waals surface area (Å²) in [6, 6.07) is 12.3. The highest BCUT2D eigenvalue weighted by molar-refractivity contribution is 5.83. The highest BCUT2D eigenvalue weighted by Gasteiger charge is 2.40. The predicted molar refractivity (Wildman–Crippen MR) is 101 cm³/mol. The molecule has 0 aliphatic carbocycles.